The van der Waals surface area contributed by atoms with Gasteiger partial charge in [0.25, 0.3) is 5.91 Å². The van der Waals surface area contributed by atoms with E-state index in [-0.39, 0.29) is 23.3 Å². The zero-order valence-corrected chi connectivity index (χ0v) is 16.7. The lowest BCUT2D eigenvalue weighted by molar-refractivity contribution is -0.131. The summed E-state index contributed by atoms with van der Waals surface area (Å²) in [5, 5.41) is 4.67. The van der Waals surface area contributed by atoms with E-state index in [9.17, 15) is 9.59 Å². The second kappa shape index (κ2) is 6.67. The lowest BCUT2D eigenvalue weighted by Gasteiger charge is -2.28. The Kier molecular flexibility index (Phi) is 4.42. The minimum Gasteiger partial charge on any atom is -0.427 e. The molecule has 2 N–H and O–H groups in total. The zero-order valence-electron chi connectivity index (χ0n) is 15.9. The number of hydrogen-bond acceptors (Lipinski definition) is 3. The Hall–Kier alpha value is -2.79. The fraction of sp³-hybridized carbons (Fsp3) is 0.273. The Balaban J connectivity index is 1.64. The molecule has 0 radical (unpaired) electrons. The molecule has 1 heterocycles. The van der Waals surface area contributed by atoms with E-state index in [1.807, 2.05) is 24.3 Å². The summed E-state index contributed by atoms with van der Waals surface area (Å²) in [5.41, 5.74) is 3.31. The summed E-state index contributed by atoms with van der Waals surface area (Å²) in [6, 6.07) is 12.7. The van der Waals surface area contributed by atoms with Gasteiger partial charge in [-0.15, -0.1) is 0 Å². The highest BCUT2D eigenvalue weighted by Gasteiger charge is 2.40. The zero-order chi connectivity index (χ0) is 20.1. The molecule has 4 rings (SSSR count). The van der Waals surface area contributed by atoms with Gasteiger partial charge in [0.05, 0.1) is 6.04 Å². The minimum absolute atomic E-state index is 0.165. The van der Waals surface area contributed by atoms with Crippen LogP contribution in [0.2, 0.25) is 5.02 Å². The predicted octanol–water partition coefficient (Wildman–Crippen LogP) is 4.80. The Morgan fingerprint density at radius 1 is 1.18 bits per heavy atom. The highest BCUT2D eigenvalue weighted by Crippen LogP contribution is 2.46. The summed E-state index contributed by atoms with van der Waals surface area (Å²) in [7, 11) is 0. The Morgan fingerprint density at radius 3 is 2.71 bits per heavy atom. The van der Waals surface area contributed by atoms with Gasteiger partial charge in [-0.1, -0.05) is 31.5 Å². The van der Waals surface area contributed by atoms with Crippen LogP contribution < -0.4 is 10.1 Å². The molecule has 144 valence electrons. The molecule has 0 bridgehead atoms. The van der Waals surface area contributed by atoms with Crippen molar-refractivity contribution in [3.05, 3.63) is 64.3 Å². The number of H-pyrrole nitrogens is 1. The molecule has 0 spiro atoms. The standard InChI is InChI=1S/C22H21ClN2O3/c1-12(26)28-16-6-4-13-11-22(2,3)20(17(13)10-16)25-21(27)19-9-14-8-15(23)5-7-18(14)24-19/h4-10,20,24H,11H2,1-3H3,(H,25,27). The van der Waals surface area contributed by atoms with Crippen LogP contribution in [0.3, 0.4) is 0 Å². The minimum atomic E-state index is -0.366. The third kappa shape index (κ3) is 3.38. The highest BCUT2D eigenvalue weighted by molar-refractivity contribution is 6.31. The lowest BCUT2D eigenvalue weighted by Crippen LogP contribution is -2.35. The Morgan fingerprint density at radius 2 is 1.96 bits per heavy atom. The van der Waals surface area contributed by atoms with Gasteiger partial charge in [-0.25, -0.2) is 0 Å². The fourth-order valence-electron chi connectivity index (χ4n) is 3.95. The van der Waals surface area contributed by atoms with Gasteiger partial charge in [0.15, 0.2) is 0 Å². The SMILES string of the molecule is CC(=O)Oc1ccc2c(c1)C(NC(=O)c1cc3cc(Cl)ccc3[nH]1)C(C)(C)C2. The van der Waals surface area contributed by atoms with E-state index in [1.54, 1.807) is 18.2 Å². The first kappa shape index (κ1) is 18.6. The van der Waals surface area contributed by atoms with Gasteiger partial charge in [0.2, 0.25) is 0 Å². The molecule has 1 aliphatic carbocycles. The van der Waals surface area contributed by atoms with E-state index in [2.05, 4.69) is 24.1 Å². The molecular weight excluding hydrogens is 376 g/mol. The summed E-state index contributed by atoms with van der Waals surface area (Å²) in [6.45, 7) is 5.61. The number of aromatic nitrogens is 1. The predicted molar refractivity (Wildman–Crippen MR) is 109 cm³/mol. The Bertz CT molecular complexity index is 1100. The van der Waals surface area contributed by atoms with Crippen LogP contribution in [0.1, 0.15) is 48.4 Å². The normalized spacial score (nSPS) is 17.4. The first-order valence-electron chi connectivity index (χ1n) is 9.13. The van der Waals surface area contributed by atoms with Crippen LogP contribution >= 0.6 is 11.6 Å². The number of nitrogens with one attached hydrogen (secondary N) is 2. The topological polar surface area (TPSA) is 71.2 Å². The molecule has 0 fully saturated rings. The second-order valence-corrected chi connectivity index (χ2v) is 8.38. The van der Waals surface area contributed by atoms with E-state index in [4.69, 9.17) is 16.3 Å². The van der Waals surface area contributed by atoms with E-state index in [0.29, 0.717) is 16.5 Å². The fourth-order valence-corrected chi connectivity index (χ4v) is 4.13. The maximum Gasteiger partial charge on any atom is 0.308 e. The number of fused-ring (bicyclic) bond motifs is 2. The molecule has 1 aromatic heterocycles. The van der Waals surface area contributed by atoms with Crippen LogP contribution in [-0.2, 0) is 11.2 Å². The third-order valence-electron chi connectivity index (χ3n) is 5.22. The molecular formula is C22H21ClN2O3. The average molecular weight is 397 g/mol. The molecule has 1 unspecified atom stereocenters. The van der Waals surface area contributed by atoms with Crippen LogP contribution in [-0.4, -0.2) is 16.9 Å². The maximum atomic E-state index is 13.0. The molecule has 0 saturated heterocycles. The third-order valence-corrected chi connectivity index (χ3v) is 5.46. The molecule has 6 heteroatoms. The van der Waals surface area contributed by atoms with Gasteiger partial charge in [-0.05, 0) is 59.4 Å². The van der Waals surface area contributed by atoms with Gasteiger partial charge in [0.1, 0.15) is 11.4 Å². The molecule has 1 aliphatic rings. The second-order valence-electron chi connectivity index (χ2n) is 7.94. The molecule has 0 saturated carbocycles. The van der Waals surface area contributed by atoms with Gasteiger partial charge in [-0.2, -0.15) is 0 Å². The van der Waals surface area contributed by atoms with Gasteiger partial charge >= 0.3 is 5.97 Å². The van der Waals surface area contributed by atoms with Crippen molar-refractivity contribution in [1.82, 2.24) is 10.3 Å². The number of rotatable bonds is 3. The number of aromatic amines is 1. The molecule has 28 heavy (non-hydrogen) atoms. The molecule has 1 amide bonds. The number of esters is 1. The first-order valence-corrected chi connectivity index (χ1v) is 9.51. The van der Waals surface area contributed by atoms with Crippen molar-refractivity contribution in [2.75, 3.05) is 0 Å². The summed E-state index contributed by atoms with van der Waals surface area (Å²) in [6.07, 6.45) is 0.829. The maximum absolute atomic E-state index is 13.0. The summed E-state index contributed by atoms with van der Waals surface area (Å²) >= 11 is 6.04. The van der Waals surface area contributed by atoms with E-state index < -0.39 is 0 Å². The molecule has 2 aromatic carbocycles. The highest BCUT2D eigenvalue weighted by atomic mass is 35.5. The lowest BCUT2D eigenvalue weighted by atomic mass is 9.85. The van der Waals surface area contributed by atoms with Crippen molar-refractivity contribution in [1.29, 1.82) is 0 Å². The molecule has 3 aromatic rings. The van der Waals surface area contributed by atoms with Crippen molar-refractivity contribution >= 4 is 34.4 Å². The smallest absolute Gasteiger partial charge is 0.308 e. The van der Waals surface area contributed by atoms with Gasteiger partial charge in [0, 0.05) is 22.8 Å². The average Bonchev–Trinajstić information content (AvgIpc) is 3.13. The van der Waals surface area contributed by atoms with Crippen LogP contribution in [0.25, 0.3) is 10.9 Å². The van der Waals surface area contributed by atoms with Gasteiger partial charge < -0.3 is 15.0 Å². The van der Waals surface area contributed by atoms with Gasteiger partial charge in [-0.3, -0.25) is 9.59 Å². The number of ether oxygens (including phenoxy) is 1. The number of amides is 1. The number of carbonyl (C=O) groups is 2. The van der Waals surface area contributed by atoms with Crippen molar-refractivity contribution in [2.24, 2.45) is 5.41 Å². The quantitative estimate of drug-likeness (QED) is 0.493. The number of halogens is 1. The van der Waals surface area contributed by atoms with E-state index >= 15 is 0 Å². The van der Waals surface area contributed by atoms with Crippen molar-refractivity contribution < 1.29 is 14.3 Å². The van der Waals surface area contributed by atoms with Crippen LogP contribution in [0.4, 0.5) is 0 Å². The summed E-state index contributed by atoms with van der Waals surface area (Å²) < 4.78 is 5.23. The molecule has 0 aliphatic heterocycles. The van der Waals surface area contributed by atoms with Crippen molar-refractivity contribution in [3.8, 4) is 5.75 Å². The Labute approximate surface area is 168 Å². The summed E-state index contributed by atoms with van der Waals surface area (Å²) in [4.78, 5) is 27.4. The van der Waals surface area contributed by atoms with E-state index in [1.165, 1.54) is 6.92 Å². The number of hydrogen-bond donors (Lipinski definition) is 2. The van der Waals surface area contributed by atoms with E-state index in [0.717, 1.165) is 28.5 Å². The van der Waals surface area contributed by atoms with Crippen molar-refractivity contribution in [2.45, 2.75) is 33.2 Å². The van der Waals surface area contributed by atoms with Crippen LogP contribution in [0.5, 0.6) is 5.75 Å². The largest absolute Gasteiger partial charge is 0.427 e. The molecule has 5 nitrogen and oxygen atoms in total. The first-order chi connectivity index (χ1) is 13.2. The monoisotopic (exact) mass is 396 g/mol. The van der Waals surface area contributed by atoms with Crippen molar-refractivity contribution in [3.63, 3.8) is 0 Å². The number of carbonyl (C=O) groups excluding carboxylic acids is 2. The summed E-state index contributed by atoms with van der Waals surface area (Å²) in [5.74, 6) is -0.0610. The number of benzene rings is 2. The van der Waals surface area contributed by atoms with Crippen LogP contribution in [0.15, 0.2) is 42.5 Å². The van der Waals surface area contributed by atoms with Crippen LogP contribution in [0, 0.1) is 5.41 Å². The molecule has 1 atom stereocenters.